The molecule has 1 aliphatic rings. The topological polar surface area (TPSA) is 134 Å². The monoisotopic (exact) mass is 396 g/mol. The fourth-order valence-corrected chi connectivity index (χ4v) is 3.54. The molecule has 0 unspecified atom stereocenters. The molecule has 1 saturated heterocycles. The number of amides is 1. The lowest BCUT2D eigenvalue weighted by Crippen LogP contribution is -2.41. The summed E-state index contributed by atoms with van der Waals surface area (Å²) in [4.78, 5) is 25.7. The fraction of sp³-hybridized carbons (Fsp3) is 0.375. The van der Waals surface area contributed by atoms with Gasteiger partial charge in [0.25, 0.3) is 5.91 Å². The number of nitrogens with one attached hydrogen (secondary N) is 2. The van der Waals surface area contributed by atoms with Gasteiger partial charge in [-0.05, 0) is 11.4 Å². The molecule has 1 amide bonds. The largest absolute Gasteiger partial charge is 0.387 e. The molecule has 10 nitrogen and oxygen atoms in total. The lowest BCUT2D eigenvalue weighted by molar-refractivity contribution is -0.137. The van der Waals surface area contributed by atoms with Crippen LogP contribution < -0.4 is 10.6 Å². The van der Waals surface area contributed by atoms with Gasteiger partial charge >= 0.3 is 0 Å². The zero-order valence-electron chi connectivity index (χ0n) is 19.5. The third kappa shape index (κ3) is 2.84. The van der Waals surface area contributed by atoms with Crippen LogP contribution in [0.1, 0.15) is 14.5 Å². The van der Waals surface area contributed by atoms with Crippen LogP contribution in [-0.2, 0) is 9.53 Å². The van der Waals surface area contributed by atoms with Crippen molar-refractivity contribution in [2.75, 3.05) is 19.3 Å². The van der Waals surface area contributed by atoms with Crippen LogP contribution >= 0.6 is 11.3 Å². The number of aromatic nitrogens is 4. The first-order valence-electron chi connectivity index (χ1n) is 10.7. The summed E-state index contributed by atoms with van der Waals surface area (Å²) >= 11 is 1.31. The van der Waals surface area contributed by atoms with Crippen molar-refractivity contribution in [3.63, 3.8) is 0 Å². The van der Waals surface area contributed by atoms with Crippen LogP contribution in [-0.4, -0.2) is 67.9 Å². The predicted molar refractivity (Wildman–Crippen MR) is 98.2 cm³/mol. The fourth-order valence-electron chi connectivity index (χ4n) is 2.88. The summed E-state index contributed by atoms with van der Waals surface area (Å²) in [7, 11) is 0. The summed E-state index contributed by atoms with van der Waals surface area (Å²) < 4.78 is 50.7. The Morgan fingerprint density at radius 2 is 2.26 bits per heavy atom. The second-order valence-corrected chi connectivity index (χ2v) is 6.69. The number of ether oxygens (including phenoxy) is 1. The standard InChI is InChI=1S/C16H18N6O4S/c1-17-13-8-14(21-12(20-13)7-4-3-5-27-7)22(6-19-8)16-10(24)9(23)11(26-16)15(25)18-2/h3-6,9-11,16,23-24H,1-2H3,(H,18,25)(H,17,20,21)/t9-,10+,11-,16+/m0/s1/i1D3,2D3. The number of aliphatic hydroxyl groups is 2. The minimum Gasteiger partial charge on any atom is -0.387 e. The van der Waals surface area contributed by atoms with Crippen LogP contribution in [0.5, 0.6) is 0 Å². The number of thiophene rings is 1. The Morgan fingerprint density at radius 1 is 1.37 bits per heavy atom. The molecule has 0 bridgehead atoms. The molecule has 1 fully saturated rings. The van der Waals surface area contributed by atoms with Gasteiger partial charge in [0.1, 0.15) is 12.2 Å². The molecule has 0 saturated carbocycles. The van der Waals surface area contributed by atoms with Gasteiger partial charge in [-0.15, -0.1) is 11.3 Å². The normalized spacial score (nSPS) is 29.3. The quantitative estimate of drug-likeness (QED) is 0.483. The first kappa shape index (κ1) is 12.0. The third-order valence-corrected chi connectivity index (χ3v) is 5.04. The Hall–Kier alpha value is -2.60. The average molecular weight is 396 g/mol. The van der Waals surface area contributed by atoms with Crippen molar-refractivity contribution >= 4 is 34.2 Å². The maximum absolute atomic E-state index is 12.2. The number of nitrogens with zero attached hydrogens (tertiary/aromatic N) is 4. The van der Waals surface area contributed by atoms with Crippen LogP contribution in [0.15, 0.2) is 23.8 Å². The number of fused-ring (bicyclic) bond motifs is 1. The Labute approximate surface area is 166 Å². The number of imidazole rings is 1. The highest BCUT2D eigenvalue weighted by atomic mass is 32.1. The summed E-state index contributed by atoms with van der Waals surface area (Å²) in [5.41, 5.74) is 0.111. The predicted octanol–water partition coefficient (Wildman–Crippen LogP) is -0.0383. The molecule has 0 radical (unpaired) electrons. The van der Waals surface area contributed by atoms with Gasteiger partial charge in [-0.25, -0.2) is 15.0 Å². The number of aliphatic hydroxyl groups excluding tert-OH is 2. The van der Waals surface area contributed by atoms with Crippen molar-refractivity contribution in [1.82, 2.24) is 24.8 Å². The van der Waals surface area contributed by atoms with E-state index in [1.54, 1.807) is 22.8 Å². The SMILES string of the molecule is [2H]C([2H])([2H])NC(=O)[C@H]1O[C@@H](n2cnc3c(NC([2H])([2H])[2H])nc(-c4cccs4)nc32)[C@H](O)[C@@H]1O. The van der Waals surface area contributed by atoms with Crippen LogP contribution in [0, 0.1) is 0 Å². The molecular formula is C16H18N6O4S. The first-order valence-corrected chi connectivity index (χ1v) is 8.62. The van der Waals surface area contributed by atoms with Crippen molar-refractivity contribution < 1.29 is 28.0 Å². The number of anilines is 1. The van der Waals surface area contributed by atoms with Gasteiger partial charge in [0.2, 0.25) is 0 Å². The van der Waals surface area contributed by atoms with E-state index in [0.717, 1.165) is 0 Å². The van der Waals surface area contributed by atoms with E-state index in [2.05, 4.69) is 20.3 Å². The average Bonchev–Trinajstić information content (AvgIpc) is 3.40. The van der Waals surface area contributed by atoms with Crippen LogP contribution in [0.3, 0.4) is 0 Å². The summed E-state index contributed by atoms with van der Waals surface area (Å²) in [5.74, 6) is -1.05. The van der Waals surface area contributed by atoms with E-state index in [1.165, 1.54) is 22.2 Å². The van der Waals surface area contributed by atoms with Gasteiger partial charge in [0, 0.05) is 22.2 Å². The number of likely N-dealkylation sites (N-methyl/N-ethyl adjacent to an activating group) is 1. The Bertz CT molecular complexity index is 1170. The van der Waals surface area contributed by atoms with E-state index in [9.17, 15) is 15.0 Å². The number of hydrogen-bond acceptors (Lipinski definition) is 9. The molecule has 4 rings (SSSR count). The maximum atomic E-state index is 12.2. The lowest BCUT2D eigenvalue weighted by Gasteiger charge is -2.16. The molecule has 4 N–H and O–H groups in total. The second kappa shape index (κ2) is 6.85. The van der Waals surface area contributed by atoms with E-state index in [0.29, 0.717) is 4.88 Å². The number of rotatable bonds is 4. The summed E-state index contributed by atoms with van der Waals surface area (Å²) in [5, 5.41) is 26.6. The zero-order valence-corrected chi connectivity index (χ0v) is 14.3. The number of carbonyl (C=O) groups is 1. The molecule has 142 valence electrons. The first-order chi connectivity index (χ1) is 15.3. The molecule has 3 aromatic rings. The van der Waals surface area contributed by atoms with E-state index in [1.807, 2.05) is 0 Å². The van der Waals surface area contributed by atoms with Crippen molar-refractivity contribution in [3.8, 4) is 10.7 Å². The van der Waals surface area contributed by atoms with Crippen LogP contribution in [0.4, 0.5) is 5.82 Å². The Kier molecular flexibility index (Phi) is 3.04. The van der Waals surface area contributed by atoms with Crippen molar-refractivity contribution in [1.29, 1.82) is 0 Å². The minimum absolute atomic E-state index is 0.0483. The highest BCUT2D eigenvalue weighted by Crippen LogP contribution is 2.33. The van der Waals surface area contributed by atoms with Crippen molar-refractivity contribution in [3.05, 3.63) is 23.8 Å². The number of carbonyl (C=O) groups excluding carboxylic acids is 1. The number of hydrogen-bond donors (Lipinski definition) is 4. The van der Waals surface area contributed by atoms with Crippen LogP contribution in [0.25, 0.3) is 21.9 Å². The summed E-state index contributed by atoms with van der Waals surface area (Å²) in [6.45, 7) is -5.40. The van der Waals surface area contributed by atoms with Crippen molar-refractivity contribution in [2.24, 2.45) is 0 Å². The van der Waals surface area contributed by atoms with Gasteiger partial charge in [0.15, 0.2) is 35.1 Å². The minimum atomic E-state index is -2.82. The van der Waals surface area contributed by atoms with E-state index in [4.69, 9.17) is 13.0 Å². The molecule has 3 aromatic heterocycles. The maximum Gasteiger partial charge on any atom is 0.251 e. The molecule has 11 heteroatoms. The smallest absolute Gasteiger partial charge is 0.251 e. The van der Waals surface area contributed by atoms with Gasteiger partial charge < -0.3 is 25.6 Å². The molecule has 27 heavy (non-hydrogen) atoms. The Balaban J connectivity index is 1.76. The van der Waals surface area contributed by atoms with E-state index < -0.39 is 44.4 Å². The zero-order chi connectivity index (χ0) is 24.1. The highest BCUT2D eigenvalue weighted by molar-refractivity contribution is 7.13. The van der Waals surface area contributed by atoms with Gasteiger partial charge in [0.05, 0.1) is 11.2 Å². The summed E-state index contributed by atoms with van der Waals surface area (Å²) in [6.07, 6.45) is -5.25. The van der Waals surface area contributed by atoms with Gasteiger partial charge in [-0.1, -0.05) is 6.07 Å². The molecule has 0 aliphatic carbocycles. The van der Waals surface area contributed by atoms with Crippen molar-refractivity contribution in [2.45, 2.75) is 24.5 Å². The lowest BCUT2D eigenvalue weighted by atomic mass is 10.1. The molecule has 4 atom stereocenters. The summed E-state index contributed by atoms with van der Waals surface area (Å²) in [6, 6.07) is 3.49. The highest BCUT2D eigenvalue weighted by Gasteiger charge is 2.47. The van der Waals surface area contributed by atoms with Gasteiger partial charge in [-0.3, -0.25) is 9.36 Å². The van der Waals surface area contributed by atoms with E-state index >= 15 is 0 Å². The molecule has 1 aliphatic heterocycles. The third-order valence-electron chi connectivity index (χ3n) is 4.18. The second-order valence-electron chi connectivity index (χ2n) is 5.74. The van der Waals surface area contributed by atoms with Crippen LogP contribution in [0.2, 0.25) is 0 Å². The molecule has 0 aromatic carbocycles. The van der Waals surface area contributed by atoms with E-state index in [-0.39, 0.29) is 22.8 Å². The van der Waals surface area contributed by atoms with Gasteiger partial charge in [-0.2, -0.15) is 0 Å². The molecule has 0 spiro atoms. The molecular weight excluding hydrogens is 372 g/mol. The molecule has 4 heterocycles. The Morgan fingerprint density at radius 3 is 3.00 bits per heavy atom.